The summed E-state index contributed by atoms with van der Waals surface area (Å²) in [7, 11) is 0. The fourth-order valence-electron chi connectivity index (χ4n) is 2.75. The van der Waals surface area contributed by atoms with Crippen molar-refractivity contribution in [1.82, 2.24) is 10.2 Å². The summed E-state index contributed by atoms with van der Waals surface area (Å²) >= 11 is 6.25. The molecule has 0 aliphatic carbocycles. The van der Waals surface area contributed by atoms with Gasteiger partial charge in [-0.3, -0.25) is 9.59 Å². The normalized spacial score (nSPS) is 11.9. The summed E-state index contributed by atoms with van der Waals surface area (Å²) in [6.45, 7) is 6.35. The van der Waals surface area contributed by atoms with Crippen LogP contribution in [0.1, 0.15) is 31.9 Å². The molecular weight excluding hydrogens is 379 g/mol. The standard InChI is InChI=1S/C22H26ClFN2O2/c1-15(2)13-25-22(28)16(3)26(14-18-9-4-6-10-19(18)23)21(27)12-17-8-5-7-11-20(17)24/h4-11,15-16H,12-14H2,1-3H3,(H,25,28)/t16-/m1/s1. The molecule has 2 amide bonds. The Labute approximate surface area is 170 Å². The second-order valence-corrected chi connectivity index (χ2v) is 7.60. The van der Waals surface area contributed by atoms with Crippen LogP contribution in [0.15, 0.2) is 48.5 Å². The summed E-state index contributed by atoms with van der Waals surface area (Å²) in [5.74, 6) is -0.729. The molecule has 2 aromatic rings. The lowest BCUT2D eigenvalue weighted by Crippen LogP contribution is -2.48. The van der Waals surface area contributed by atoms with Crippen molar-refractivity contribution in [2.45, 2.75) is 39.8 Å². The highest BCUT2D eigenvalue weighted by Gasteiger charge is 2.27. The third kappa shape index (κ3) is 6.06. The van der Waals surface area contributed by atoms with Crippen LogP contribution in [-0.2, 0) is 22.6 Å². The van der Waals surface area contributed by atoms with Gasteiger partial charge in [-0.25, -0.2) is 4.39 Å². The smallest absolute Gasteiger partial charge is 0.242 e. The number of rotatable bonds is 8. The number of carbonyl (C=O) groups excluding carboxylic acids is 2. The number of nitrogens with one attached hydrogen (secondary N) is 1. The fraction of sp³-hybridized carbons (Fsp3) is 0.364. The van der Waals surface area contributed by atoms with Crippen LogP contribution >= 0.6 is 11.6 Å². The summed E-state index contributed by atoms with van der Waals surface area (Å²) in [6, 6.07) is 12.6. The maximum Gasteiger partial charge on any atom is 0.242 e. The minimum Gasteiger partial charge on any atom is -0.354 e. The molecule has 150 valence electrons. The minimum absolute atomic E-state index is 0.126. The Morgan fingerprint density at radius 3 is 2.25 bits per heavy atom. The SMILES string of the molecule is CC(C)CNC(=O)[C@@H](C)N(Cc1ccccc1Cl)C(=O)Cc1ccccc1F. The Morgan fingerprint density at radius 1 is 1.04 bits per heavy atom. The second-order valence-electron chi connectivity index (χ2n) is 7.20. The van der Waals surface area contributed by atoms with E-state index in [1.54, 1.807) is 37.3 Å². The average molecular weight is 405 g/mol. The molecule has 0 saturated heterocycles. The van der Waals surface area contributed by atoms with Gasteiger partial charge in [-0.1, -0.05) is 61.8 Å². The summed E-state index contributed by atoms with van der Waals surface area (Å²) in [6.07, 6.45) is -0.126. The topological polar surface area (TPSA) is 49.4 Å². The Balaban J connectivity index is 2.24. The number of nitrogens with zero attached hydrogens (tertiary/aromatic N) is 1. The van der Waals surface area contributed by atoms with Crippen LogP contribution in [0.2, 0.25) is 5.02 Å². The number of halogens is 2. The highest BCUT2D eigenvalue weighted by atomic mass is 35.5. The van der Waals surface area contributed by atoms with Crippen LogP contribution in [-0.4, -0.2) is 29.3 Å². The predicted molar refractivity (Wildman–Crippen MR) is 109 cm³/mol. The van der Waals surface area contributed by atoms with E-state index < -0.39 is 11.9 Å². The van der Waals surface area contributed by atoms with Crippen molar-refractivity contribution in [3.63, 3.8) is 0 Å². The largest absolute Gasteiger partial charge is 0.354 e. The summed E-state index contributed by atoms with van der Waals surface area (Å²) < 4.78 is 14.0. The first-order valence-corrected chi connectivity index (χ1v) is 9.71. The van der Waals surface area contributed by atoms with Gasteiger partial charge in [0.15, 0.2) is 0 Å². The van der Waals surface area contributed by atoms with E-state index in [1.165, 1.54) is 11.0 Å². The van der Waals surface area contributed by atoms with E-state index >= 15 is 0 Å². The van der Waals surface area contributed by atoms with E-state index in [2.05, 4.69) is 5.32 Å². The second kappa shape index (κ2) is 10.2. The lowest BCUT2D eigenvalue weighted by molar-refractivity contribution is -0.140. The van der Waals surface area contributed by atoms with Gasteiger partial charge in [-0.05, 0) is 36.1 Å². The Morgan fingerprint density at radius 2 is 1.64 bits per heavy atom. The maximum atomic E-state index is 14.0. The van der Waals surface area contributed by atoms with E-state index in [4.69, 9.17) is 11.6 Å². The molecule has 1 atom stereocenters. The zero-order chi connectivity index (χ0) is 20.7. The van der Waals surface area contributed by atoms with Crippen molar-refractivity contribution < 1.29 is 14.0 Å². The number of benzene rings is 2. The van der Waals surface area contributed by atoms with E-state index in [0.29, 0.717) is 23.0 Å². The highest BCUT2D eigenvalue weighted by molar-refractivity contribution is 6.31. The fourth-order valence-corrected chi connectivity index (χ4v) is 2.95. The molecule has 0 radical (unpaired) electrons. The van der Waals surface area contributed by atoms with Crippen LogP contribution in [0.3, 0.4) is 0 Å². The number of carbonyl (C=O) groups is 2. The van der Waals surface area contributed by atoms with Gasteiger partial charge in [0.1, 0.15) is 11.9 Å². The molecule has 0 aromatic heterocycles. The number of hydrogen-bond donors (Lipinski definition) is 1. The van der Waals surface area contributed by atoms with Crippen LogP contribution in [0.25, 0.3) is 0 Å². The molecule has 0 unspecified atom stereocenters. The molecule has 0 heterocycles. The van der Waals surface area contributed by atoms with Crippen molar-refractivity contribution in [2.75, 3.05) is 6.54 Å². The van der Waals surface area contributed by atoms with Gasteiger partial charge in [0, 0.05) is 18.1 Å². The first-order chi connectivity index (χ1) is 13.3. The first-order valence-electron chi connectivity index (χ1n) is 9.33. The molecule has 0 aliphatic rings. The van der Waals surface area contributed by atoms with Gasteiger partial charge in [0.25, 0.3) is 0 Å². The van der Waals surface area contributed by atoms with Crippen molar-refractivity contribution >= 4 is 23.4 Å². The Hall–Kier alpha value is -2.40. The van der Waals surface area contributed by atoms with Crippen molar-refractivity contribution in [3.05, 3.63) is 70.5 Å². The van der Waals surface area contributed by atoms with Crippen molar-refractivity contribution in [3.8, 4) is 0 Å². The molecule has 0 saturated carbocycles. The van der Waals surface area contributed by atoms with E-state index in [1.807, 2.05) is 26.0 Å². The van der Waals surface area contributed by atoms with Gasteiger partial charge in [-0.2, -0.15) is 0 Å². The summed E-state index contributed by atoms with van der Waals surface area (Å²) in [5.41, 5.74) is 1.03. The lowest BCUT2D eigenvalue weighted by Gasteiger charge is -2.29. The van der Waals surface area contributed by atoms with Crippen LogP contribution < -0.4 is 5.32 Å². The third-order valence-corrected chi connectivity index (χ3v) is 4.82. The third-order valence-electron chi connectivity index (χ3n) is 4.45. The molecule has 0 spiro atoms. The number of hydrogen-bond acceptors (Lipinski definition) is 2. The maximum absolute atomic E-state index is 14.0. The van der Waals surface area contributed by atoms with Crippen molar-refractivity contribution in [2.24, 2.45) is 5.92 Å². The molecular formula is C22H26ClFN2O2. The zero-order valence-electron chi connectivity index (χ0n) is 16.4. The lowest BCUT2D eigenvalue weighted by atomic mass is 10.1. The molecule has 0 fully saturated rings. The van der Waals surface area contributed by atoms with Gasteiger partial charge in [0.2, 0.25) is 11.8 Å². The average Bonchev–Trinajstić information content (AvgIpc) is 2.66. The Bertz CT molecular complexity index is 826. The molecule has 28 heavy (non-hydrogen) atoms. The van der Waals surface area contributed by atoms with Gasteiger partial charge < -0.3 is 10.2 Å². The quantitative estimate of drug-likeness (QED) is 0.716. The van der Waals surface area contributed by atoms with Crippen LogP contribution in [0, 0.1) is 11.7 Å². The molecule has 1 N–H and O–H groups in total. The summed E-state index contributed by atoms with van der Waals surface area (Å²) in [5, 5.41) is 3.37. The summed E-state index contributed by atoms with van der Waals surface area (Å²) in [4.78, 5) is 27.0. The zero-order valence-corrected chi connectivity index (χ0v) is 17.2. The predicted octanol–water partition coefficient (Wildman–Crippen LogP) is 4.21. The highest BCUT2D eigenvalue weighted by Crippen LogP contribution is 2.20. The first kappa shape index (κ1) is 21.9. The van der Waals surface area contributed by atoms with E-state index in [-0.39, 0.29) is 24.8 Å². The molecule has 2 rings (SSSR count). The number of amides is 2. The van der Waals surface area contributed by atoms with Gasteiger partial charge in [0.05, 0.1) is 6.42 Å². The monoisotopic (exact) mass is 404 g/mol. The molecule has 4 nitrogen and oxygen atoms in total. The van der Waals surface area contributed by atoms with Crippen molar-refractivity contribution in [1.29, 1.82) is 0 Å². The molecule has 0 bridgehead atoms. The van der Waals surface area contributed by atoms with Gasteiger partial charge >= 0.3 is 0 Å². The minimum atomic E-state index is -0.714. The van der Waals surface area contributed by atoms with E-state index in [0.717, 1.165) is 5.56 Å². The molecule has 0 aliphatic heterocycles. The molecule has 6 heteroatoms. The van der Waals surface area contributed by atoms with Crippen LogP contribution in [0.4, 0.5) is 4.39 Å². The molecule has 2 aromatic carbocycles. The van der Waals surface area contributed by atoms with Crippen LogP contribution in [0.5, 0.6) is 0 Å². The van der Waals surface area contributed by atoms with E-state index in [9.17, 15) is 14.0 Å². The Kier molecular flexibility index (Phi) is 8.00. The van der Waals surface area contributed by atoms with Gasteiger partial charge in [-0.15, -0.1) is 0 Å².